The van der Waals surface area contributed by atoms with Crippen LogP contribution in [-0.2, 0) is 21.2 Å². The molecule has 1 N–H and O–H groups in total. The lowest BCUT2D eigenvalue weighted by Crippen LogP contribution is -2.15. The Bertz CT molecular complexity index is 1330. The van der Waals surface area contributed by atoms with Gasteiger partial charge in [-0.15, -0.1) is 0 Å². The highest BCUT2D eigenvalue weighted by atomic mass is 32.2. The second-order valence-electron chi connectivity index (χ2n) is 8.08. The van der Waals surface area contributed by atoms with Crippen molar-refractivity contribution >= 4 is 38.5 Å². The Morgan fingerprint density at radius 2 is 1.97 bits per heavy atom. The van der Waals surface area contributed by atoms with E-state index in [1.807, 2.05) is 56.3 Å². The van der Waals surface area contributed by atoms with Crippen molar-refractivity contribution in [1.82, 2.24) is 13.9 Å². The van der Waals surface area contributed by atoms with Crippen LogP contribution in [0.2, 0.25) is 0 Å². The number of nitrogens with one attached hydrogen (secondary N) is 1. The van der Waals surface area contributed by atoms with Crippen molar-refractivity contribution in [2.75, 3.05) is 11.1 Å². The molecule has 0 bridgehead atoms. The molecule has 0 unspecified atom stereocenters. The third kappa shape index (κ3) is 5.94. The number of carbonyl (C=O) groups is 1. The van der Waals surface area contributed by atoms with Gasteiger partial charge in [-0.25, -0.2) is 8.42 Å². The monoisotopic (exact) mass is 483 g/mol. The number of nitriles is 1. The van der Waals surface area contributed by atoms with E-state index in [2.05, 4.69) is 19.2 Å². The fourth-order valence-corrected chi connectivity index (χ4v) is 5.70. The first kappa shape index (κ1) is 24.4. The fraction of sp³-hybridized carbons (Fsp3) is 0.304. The van der Waals surface area contributed by atoms with E-state index in [1.165, 1.54) is 6.08 Å². The largest absolute Gasteiger partial charge is 0.344 e. The van der Waals surface area contributed by atoms with Crippen LogP contribution in [0.25, 0.3) is 6.08 Å². The van der Waals surface area contributed by atoms with E-state index in [9.17, 15) is 18.5 Å². The number of aromatic nitrogens is 3. The average Bonchev–Trinajstić information content (AvgIpc) is 3.32. The maximum absolute atomic E-state index is 12.7. The Kier molecular flexibility index (Phi) is 7.46. The maximum atomic E-state index is 12.7. The van der Waals surface area contributed by atoms with E-state index in [1.54, 1.807) is 13.8 Å². The topological polar surface area (TPSA) is 118 Å². The summed E-state index contributed by atoms with van der Waals surface area (Å²) in [5.41, 5.74) is 3.72. The summed E-state index contributed by atoms with van der Waals surface area (Å²) in [6, 6.07) is 13.8. The van der Waals surface area contributed by atoms with Gasteiger partial charge in [0.2, 0.25) is 15.0 Å². The molecule has 2 aromatic heterocycles. The number of benzene rings is 1. The molecule has 0 aliphatic carbocycles. The summed E-state index contributed by atoms with van der Waals surface area (Å²) in [5, 5.41) is 11.8. The molecule has 0 spiro atoms. The van der Waals surface area contributed by atoms with Gasteiger partial charge in [0.15, 0.2) is 0 Å². The number of hydrogen-bond donors (Lipinski definition) is 1. The van der Waals surface area contributed by atoms with Crippen molar-refractivity contribution in [2.45, 2.75) is 39.4 Å². The van der Waals surface area contributed by atoms with E-state index < -0.39 is 15.7 Å². The Balaban J connectivity index is 1.80. The van der Waals surface area contributed by atoms with Crippen LogP contribution in [0.5, 0.6) is 0 Å². The second kappa shape index (κ2) is 10.1. The molecule has 0 atom stereocenters. The van der Waals surface area contributed by atoms with Crippen LogP contribution in [0.4, 0.5) is 5.13 Å². The third-order valence-corrected chi connectivity index (χ3v) is 7.51. The molecule has 1 aromatic carbocycles. The second-order valence-corrected chi connectivity index (χ2v) is 10.8. The molecule has 2 heterocycles. The highest BCUT2D eigenvalue weighted by Gasteiger charge is 2.23. The molecule has 8 nitrogen and oxygen atoms in total. The lowest BCUT2D eigenvalue weighted by molar-refractivity contribution is -0.112. The van der Waals surface area contributed by atoms with Crippen molar-refractivity contribution in [3.63, 3.8) is 0 Å². The van der Waals surface area contributed by atoms with Gasteiger partial charge in [-0.1, -0.05) is 44.2 Å². The molecule has 0 aliphatic rings. The third-order valence-electron chi connectivity index (χ3n) is 4.92. The molecule has 3 rings (SSSR count). The van der Waals surface area contributed by atoms with Gasteiger partial charge in [0.25, 0.3) is 11.1 Å². The fourth-order valence-electron chi connectivity index (χ4n) is 3.35. The molecule has 0 saturated carbocycles. The minimum absolute atomic E-state index is 0.0260. The smallest absolute Gasteiger partial charge is 0.268 e. The van der Waals surface area contributed by atoms with Gasteiger partial charge in [0.1, 0.15) is 11.6 Å². The van der Waals surface area contributed by atoms with Crippen LogP contribution >= 0.6 is 11.5 Å². The Labute approximate surface area is 197 Å². The minimum atomic E-state index is -3.63. The van der Waals surface area contributed by atoms with Crippen molar-refractivity contribution in [3.05, 3.63) is 64.5 Å². The van der Waals surface area contributed by atoms with Crippen molar-refractivity contribution in [2.24, 2.45) is 5.92 Å². The number of carbonyl (C=O) groups excluding carboxylic acids is 1. The highest BCUT2D eigenvalue weighted by molar-refractivity contribution is 7.91. The lowest BCUT2D eigenvalue weighted by atomic mass is 10.1. The van der Waals surface area contributed by atoms with Gasteiger partial charge < -0.3 is 4.57 Å². The maximum Gasteiger partial charge on any atom is 0.268 e. The Morgan fingerprint density at radius 1 is 1.27 bits per heavy atom. The van der Waals surface area contributed by atoms with E-state index >= 15 is 0 Å². The number of hydrogen-bond acceptors (Lipinski definition) is 7. The van der Waals surface area contributed by atoms with Crippen LogP contribution in [0, 0.1) is 31.1 Å². The highest BCUT2D eigenvalue weighted by Crippen LogP contribution is 2.22. The lowest BCUT2D eigenvalue weighted by Gasteiger charge is -2.09. The molecule has 172 valence electrons. The van der Waals surface area contributed by atoms with Gasteiger partial charge in [0.05, 0.1) is 5.75 Å². The van der Waals surface area contributed by atoms with Crippen molar-refractivity contribution in [3.8, 4) is 6.07 Å². The molecule has 3 aromatic rings. The van der Waals surface area contributed by atoms with E-state index in [4.69, 9.17) is 0 Å². The number of sulfone groups is 1. The van der Waals surface area contributed by atoms with E-state index in [0.29, 0.717) is 6.54 Å². The number of rotatable bonds is 8. The number of aryl methyl sites for hydroxylation is 1. The molecule has 0 fully saturated rings. The SMILES string of the molecule is Cc1cc(/C=C(/C#N)C(=O)Nc2nc(S(=O)(=O)CC(C)C)ns2)c(C)n1Cc1ccccc1. The number of anilines is 1. The predicted octanol–water partition coefficient (Wildman–Crippen LogP) is 3.98. The first-order chi connectivity index (χ1) is 15.6. The zero-order valence-corrected chi connectivity index (χ0v) is 20.5. The zero-order chi connectivity index (χ0) is 24.2. The summed E-state index contributed by atoms with van der Waals surface area (Å²) in [6.07, 6.45) is 1.52. The summed E-state index contributed by atoms with van der Waals surface area (Å²) in [6.45, 7) is 8.16. The molecular weight excluding hydrogens is 458 g/mol. The molecule has 0 saturated heterocycles. The van der Waals surface area contributed by atoms with Gasteiger partial charge in [0, 0.05) is 29.5 Å². The first-order valence-electron chi connectivity index (χ1n) is 10.3. The van der Waals surface area contributed by atoms with Gasteiger partial charge in [-0.2, -0.15) is 14.6 Å². The van der Waals surface area contributed by atoms with Crippen molar-refractivity contribution < 1.29 is 13.2 Å². The van der Waals surface area contributed by atoms with Crippen LogP contribution in [0.15, 0.2) is 47.1 Å². The standard InChI is InChI=1S/C23H25N5O3S2/c1-15(2)14-33(30,31)23-26-22(32-27-23)25-21(29)20(12-24)11-19-10-16(3)28(17(19)4)13-18-8-6-5-7-9-18/h5-11,15H,13-14H2,1-4H3,(H,25,26,27,29)/b20-11-. The predicted molar refractivity (Wildman–Crippen MR) is 128 cm³/mol. The number of nitrogens with zero attached hydrogens (tertiary/aromatic N) is 4. The first-order valence-corrected chi connectivity index (χ1v) is 12.7. The molecular formula is C23H25N5O3S2. The molecule has 0 aliphatic heterocycles. The van der Waals surface area contributed by atoms with Crippen LogP contribution in [-0.4, -0.2) is 34.0 Å². The molecule has 10 heteroatoms. The number of amides is 1. The van der Waals surface area contributed by atoms with Gasteiger partial charge >= 0.3 is 0 Å². The van der Waals surface area contributed by atoms with E-state index in [0.717, 1.165) is 34.0 Å². The minimum Gasteiger partial charge on any atom is -0.344 e. The molecule has 1 amide bonds. The van der Waals surface area contributed by atoms with Crippen LogP contribution in [0.3, 0.4) is 0 Å². The zero-order valence-electron chi connectivity index (χ0n) is 18.9. The molecule has 0 radical (unpaired) electrons. The average molecular weight is 484 g/mol. The summed E-state index contributed by atoms with van der Waals surface area (Å²) in [7, 11) is -3.63. The van der Waals surface area contributed by atoms with Crippen LogP contribution in [0.1, 0.15) is 36.4 Å². The summed E-state index contributed by atoms with van der Waals surface area (Å²) in [5.74, 6) is -0.834. The van der Waals surface area contributed by atoms with E-state index in [-0.39, 0.29) is 27.5 Å². The van der Waals surface area contributed by atoms with Crippen LogP contribution < -0.4 is 5.32 Å². The molecule has 33 heavy (non-hydrogen) atoms. The Morgan fingerprint density at radius 3 is 2.61 bits per heavy atom. The summed E-state index contributed by atoms with van der Waals surface area (Å²) >= 11 is 0.764. The normalized spacial score (nSPS) is 12.1. The Hall–Kier alpha value is -3.29. The van der Waals surface area contributed by atoms with Gasteiger partial charge in [-0.05, 0) is 43.0 Å². The van der Waals surface area contributed by atoms with Crippen molar-refractivity contribution in [1.29, 1.82) is 5.26 Å². The summed E-state index contributed by atoms with van der Waals surface area (Å²) < 4.78 is 30.5. The quantitative estimate of drug-likeness (QED) is 0.382. The van der Waals surface area contributed by atoms with Gasteiger partial charge in [-0.3, -0.25) is 10.1 Å². The summed E-state index contributed by atoms with van der Waals surface area (Å²) in [4.78, 5) is 16.6.